The lowest BCUT2D eigenvalue weighted by atomic mass is 10.2. The van der Waals surface area contributed by atoms with E-state index in [4.69, 9.17) is 9.84 Å². The van der Waals surface area contributed by atoms with E-state index in [2.05, 4.69) is 5.32 Å². The van der Waals surface area contributed by atoms with Crippen molar-refractivity contribution in [3.63, 3.8) is 0 Å². The minimum atomic E-state index is -1.000. The van der Waals surface area contributed by atoms with Crippen LogP contribution in [0, 0.1) is 0 Å². The van der Waals surface area contributed by atoms with Crippen LogP contribution in [0.25, 0.3) is 0 Å². The Morgan fingerprint density at radius 2 is 2.17 bits per heavy atom. The zero-order valence-corrected chi connectivity index (χ0v) is 12.0. The van der Waals surface area contributed by atoms with Gasteiger partial charge in [-0.1, -0.05) is 0 Å². The largest absolute Gasteiger partial charge is 0.480 e. The zero-order valence-electron chi connectivity index (χ0n) is 11.1. The van der Waals surface area contributed by atoms with Crippen molar-refractivity contribution >= 4 is 23.8 Å². The van der Waals surface area contributed by atoms with Gasteiger partial charge in [0.2, 0.25) is 0 Å². The van der Waals surface area contributed by atoms with E-state index in [1.807, 2.05) is 13.2 Å². The fraction of sp³-hybridized carbons (Fsp3) is 0.818. The van der Waals surface area contributed by atoms with Crippen LogP contribution in [-0.4, -0.2) is 66.9 Å². The van der Waals surface area contributed by atoms with Gasteiger partial charge >= 0.3 is 12.0 Å². The third-order valence-electron chi connectivity index (χ3n) is 2.44. The lowest BCUT2D eigenvalue weighted by molar-refractivity contribution is -0.139. The van der Waals surface area contributed by atoms with Crippen LogP contribution in [0.5, 0.6) is 0 Å². The first-order valence-electron chi connectivity index (χ1n) is 5.82. The highest BCUT2D eigenvalue weighted by Gasteiger charge is 2.21. The molecule has 1 unspecified atom stereocenters. The van der Waals surface area contributed by atoms with Crippen LogP contribution in [0.3, 0.4) is 0 Å². The van der Waals surface area contributed by atoms with Crippen LogP contribution in [0.1, 0.15) is 13.3 Å². The van der Waals surface area contributed by atoms with Gasteiger partial charge in [-0.25, -0.2) is 9.59 Å². The fourth-order valence-corrected chi connectivity index (χ4v) is 1.81. The molecule has 0 saturated heterocycles. The number of carboxylic acid groups (broad SMARTS) is 1. The standard InChI is InChI=1S/C11H22N2O4S/c1-4-13(6-7-17-2)11(16)12-9(10(14)15)5-8-18-3/h9H,4-8H2,1-3H3,(H,12,16)(H,14,15). The number of likely N-dealkylation sites (N-methyl/N-ethyl adjacent to an activating group) is 1. The van der Waals surface area contributed by atoms with Crippen molar-refractivity contribution in [1.82, 2.24) is 10.2 Å². The number of nitrogens with one attached hydrogen (secondary N) is 1. The molecule has 2 amide bonds. The molecule has 0 aromatic rings. The first-order chi connectivity index (χ1) is 8.56. The molecular formula is C11H22N2O4S. The Morgan fingerprint density at radius 1 is 1.50 bits per heavy atom. The average molecular weight is 278 g/mol. The molecule has 0 aliphatic carbocycles. The van der Waals surface area contributed by atoms with Crippen molar-refractivity contribution in [1.29, 1.82) is 0 Å². The van der Waals surface area contributed by atoms with E-state index >= 15 is 0 Å². The van der Waals surface area contributed by atoms with Crippen LogP contribution >= 0.6 is 11.8 Å². The van der Waals surface area contributed by atoms with E-state index in [0.717, 1.165) is 0 Å². The van der Waals surface area contributed by atoms with Gasteiger partial charge in [0.05, 0.1) is 6.61 Å². The topological polar surface area (TPSA) is 78.9 Å². The number of methoxy groups -OCH3 is 1. The summed E-state index contributed by atoms with van der Waals surface area (Å²) in [6.07, 6.45) is 2.32. The predicted octanol–water partition coefficient (Wildman–Crippen LogP) is 0.871. The third-order valence-corrected chi connectivity index (χ3v) is 3.08. The Balaban J connectivity index is 4.32. The Kier molecular flexibility index (Phi) is 9.49. The van der Waals surface area contributed by atoms with Crippen LogP contribution < -0.4 is 5.32 Å². The average Bonchev–Trinajstić information content (AvgIpc) is 2.34. The molecule has 0 rings (SSSR count). The maximum Gasteiger partial charge on any atom is 0.326 e. The fourth-order valence-electron chi connectivity index (χ4n) is 1.34. The van der Waals surface area contributed by atoms with E-state index < -0.39 is 12.0 Å². The molecule has 2 N–H and O–H groups in total. The number of nitrogens with zero attached hydrogens (tertiary/aromatic N) is 1. The number of rotatable bonds is 9. The molecule has 0 aromatic heterocycles. The Bertz CT molecular complexity index is 263. The van der Waals surface area contributed by atoms with Gasteiger partial charge in [0.1, 0.15) is 6.04 Å². The summed E-state index contributed by atoms with van der Waals surface area (Å²) < 4.78 is 4.90. The molecule has 0 aliphatic rings. The molecule has 0 bridgehead atoms. The summed E-state index contributed by atoms with van der Waals surface area (Å²) in [5.41, 5.74) is 0. The maximum atomic E-state index is 11.8. The van der Waals surface area contributed by atoms with Crippen molar-refractivity contribution in [2.75, 3.05) is 38.8 Å². The van der Waals surface area contributed by atoms with Gasteiger partial charge in [0.15, 0.2) is 0 Å². The number of hydrogen-bond donors (Lipinski definition) is 2. The summed E-state index contributed by atoms with van der Waals surface area (Å²) in [5, 5.41) is 11.5. The number of aliphatic carboxylic acids is 1. The summed E-state index contributed by atoms with van der Waals surface area (Å²) in [7, 11) is 1.56. The van der Waals surface area contributed by atoms with Gasteiger partial charge in [-0.2, -0.15) is 11.8 Å². The van der Waals surface area contributed by atoms with Gasteiger partial charge in [-0.15, -0.1) is 0 Å². The van der Waals surface area contributed by atoms with Crippen LogP contribution in [-0.2, 0) is 9.53 Å². The number of amides is 2. The highest BCUT2D eigenvalue weighted by atomic mass is 32.2. The number of thioether (sulfide) groups is 1. The molecule has 18 heavy (non-hydrogen) atoms. The van der Waals surface area contributed by atoms with E-state index in [1.165, 1.54) is 4.90 Å². The highest BCUT2D eigenvalue weighted by molar-refractivity contribution is 7.98. The third kappa shape index (κ3) is 6.70. The van der Waals surface area contributed by atoms with Crippen molar-refractivity contribution in [3.05, 3.63) is 0 Å². The summed E-state index contributed by atoms with van der Waals surface area (Å²) in [6, 6.07) is -1.19. The minimum Gasteiger partial charge on any atom is -0.480 e. The second kappa shape index (κ2) is 10.0. The van der Waals surface area contributed by atoms with E-state index in [0.29, 0.717) is 31.9 Å². The molecule has 0 saturated carbocycles. The van der Waals surface area contributed by atoms with Gasteiger partial charge in [-0.3, -0.25) is 0 Å². The minimum absolute atomic E-state index is 0.358. The van der Waals surface area contributed by atoms with E-state index in [-0.39, 0.29) is 6.03 Å². The molecule has 0 aliphatic heterocycles. The highest BCUT2D eigenvalue weighted by Crippen LogP contribution is 2.02. The quantitative estimate of drug-likeness (QED) is 0.654. The van der Waals surface area contributed by atoms with Crippen LogP contribution in [0.15, 0.2) is 0 Å². The monoisotopic (exact) mass is 278 g/mol. The lowest BCUT2D eigenvalue weighted by Gasteiger charge is -2.23. The number of urea groups is 1. The van der Waals surface area contributed by atoms with Crippen LogP contribution in [0.2, 0.25) is 0 Å². The smallest absolute Gasteiger partial charge is 0.326 e. The van der Waals surface area contributed by atoms with Crippen molar-refractivity contribution < 1.29 is 19.4 Å². The SMILES string of the molecule is CCN(CCOC)C(=O)NC(CCSC)C(=O)O. The molecule has 106 valence electrons. The maximum absolute atomic E-state index is 11.8. The first-order valence-corrected chi connectivity index (χ1v) is 7.22. The molecule has 0 heterocycles. The lowest BCUT2D eigenvalue weighted by Crippen LogP contribution is -2.48. The summed E-state index contributed by atoms with van der Waals surface area (Å²) >= 11 is 1.55. The first kappa shape index (κ1) is 17.1. The molecule has 0 aromatic carbocycles. The molecule has 1 atom stereocenters. The predicted molar refractivity (Wildman–Crippen MR) is 72.1 cm³/mol. The number of carbonyl (C=O) groups excluding carboxylic acids is 1. The zero-order chi connectivity index (χ0) is 14.0. The molecule has 6 nitrogen and oxygen atoms in total. The normalized spacial score (nSPS) is 11.9. The summed E-state index contributed by atoms with van der Waals surface area (Å²) in [5.74, 6) is -0.304. The van der Waals surface area contributed by atoms with Crippen molar-refractivity contribution in [2.45, 2.75) is 19.4 Å². The number of ether oxygens (including phenoxy) is 1. The molecule has 0 radical (unpaired) electrons. The van der Waals surface area contributed by atoms with Gasteiger partial charge in [0.25, 0.3) is 0 Å². The second-order valence-electron chi connectivity index (χ2n) is 3.69. The van der Waals surface area contributed by atoms with Gasteiger partial charge in [-0.05, 0) is 25.4 Å². The summed E-state index contributed by atoms with van der Waals surface area (Å²) in [4.78, 5) is 24.4. The Morgan fingerprint density at radius 3 is 2.61 bits per heavy atom. The Labute approximate surface area is 112 Å². The molecule has 7 heteroatoms. The summed E-state index contributed by atoms with van der Waals surface area (Å²) in [6.45, 7) is 3.24. The number of hydrogen-bond acceptors (Lipinski definition) is 4. The number of carboxylic acids is 1. The van der Waals surface area contributed by atoms with Crippen molar-refractivity contribution in [3.8, 4) is 0 Å². The molecular weight excluding hydrogens is 256 g/mol. The van der Waals surface area contributed by atoms with Gasteiger partial charge in [0, 0.05) is 20.2 Å². The van der Waals surface area contributed by atoms with E-state index in [9.17, 15) is 9.59 Å². The molecule has 0 fully saturated rings. The van der Waals surface area contributed by atoms with Gasteiger partial charge < -0.3 is 20.1 Å². The molecule has 0 spiro atoms. The number of carbonyl (C=O) groups is 2. The Hall–Kier alpha value is -0.950. The van der Waals surface area contributed by atoms with Crippen LogP contribution in [0.4, 0.5) is 4.79 Å². The second-order valence-corrected chi connectivity index (χ2v) is 4.68. The van der Waals surface area contributed by atoms with Crippen molar-refractivity contribution in [2.24, 2.45) is 0 Å². The van der Waals surface area contributed by atoms with E-state index in [1.54, 1.807) is 18.9 Å².